The van der Waals surface area contributed by atoms with Gasteiger partial charge in [-0.2, -0.15) is 12.6 Å². The van der Waals surface area contributed by atoms with E-state index in [0.717, 1.165) is 6.92 Å². The van der Waals surface area contributed by atoms with Gasteiger partial charge >= 0.3 is 11.9 Å². The van der Waals surface area contributed by atoms with Gasteiger partial charge in [0, 0.05) is 24.1 Å². The molecule has 0 fully saturated rings. The molecule has 0 saturated heterocycles. The Balaban J connectivity index is 3.07. The van der Waals surface area contributed by atoms with Crippen molar-refractivity contribution in [2.24, 2.45) is 5.73 Å². The summed E-state index contributed by atoms with van der Waals surface area (Å²) in [5.41, 5.74) is 5.92. The number of imidazole rings is 1. The smallest absolute Gasteiger partial charge is 0.328 e. The SMILES string of the molecule is CC(O)C(NC(=O)C(Cc1cnc[nH]1)NC(=O)C(CC(=O)O)NC(=O)C(N)CS)C(=O)O. The van der Waals surface area contributed by atoms with Gasteiger partial charge in [-0.3, -0.25) is 19.2 Å². The van der Waals surface area contributed by atoms with Crippen LogP contribution in [0.3, 0.4) is 0 Å². The molecular weight excluding hydrogens is 448 g/mol. The zero-order chi connectivity index (χ0) is 24.4. The first-order valence-corrected chi connectivity index (χ1v) is 9.97. The topological polar surface area (TPSA) is 237 Å². The Labute approximate surface area is 187 Å². The summed E-state index contributed by atoms with van der Waals surface area (Å²) in [7, 11) is 0. The van der Waals surface area contributed by atoms with Crippen LogP contribution < -0.4 is 21.7 Å². The summed E-state index contributed by atoms with van der Waals surface area (Å²) < 4.78 is 0. The van der Waals surface area contributed by atoms with Gasteiger partial charge < -0.3 is 42.0 Å². The quantitative estimate of drug-likeness (QED) is 0.128. The van der Waals surface area contributed by atoms with Crippen LogP contribution in [0.1, 0.15) is 19.0 Å². The molecule has 15 heteroatoms. The third kappa shape index (κ3) is 8.52. The molecule has 5 atom stereocenters. The van der Waals surface area contributed by atoms with E-state index in [1.54, 1.807) is 0 Å². The van der Waals surface area contributed by atoms with E-state index in [9.17, 15) is 29.1 Å². The summed E-state index contributed by atoms with van der Waals surface area (Å²) in [6.07, 6.45) is 0.252. The molecule has 3 amide bonds. The van der Waals surface area contributed by atoms with Crippen LogP contribution in [0.5, 0.6) is 0 Å². The minimum absolute atomic E-state index is 0.0615. The maximum absolute atomic E-state index is 12.7. The highest BCUT2D eigenvalue weighted by atomic mass is 32.1. The number of H-pyrrole nitrogens is 1. The van der Waals surface area contributed by atoms with E-state index in [1.807, 2.05) is 0 Å². The van der Waals surface area contributed by atoms with E-state index < -0.39 is 66.4 Å². The van der Waals surface area contributed by atoms with E-state index in [0.29, 0.717) is 5.69 Å². The normalized spacial score (nSPS) is 15.5. The number of nitrogens with one attached hydrogen (secondary N) is 4. The lowest BCUT2D eigenvalue weighted by Gasteiger charge is -2.25. The van der Waals surface area contributed by atoms with Gasteiger partial charge in [-0.15, -0.1) is 0 Å². The average molecular weight is 474 g/mol. The number of aliphatic hydroxyl groups is 1. The first kappa shape index (κ1) is 26.9. The molecule has 178 valence electrons. The lowest BCUT2D eigenvalue weighted by molar-refractivity contribution is -0.145. The summed E-state index contributed by atoms with van der Waals surface area (Å²) in [5.74, 6) is -5.77. The molecule has 14 nitrogen and oxygen atoms in total. The van der Waals surface area contributed by atoms with Crippen molar-refractivity contribution in [3.05, 3.63) is 18.2 Å². The number of carboxylic acids is 2. The van der Waals surface area contributed by atoms with Crippen LogP contribution in [0.15, 0.2) is 12.5 Å². The minimum Gasteiger partial charge on any atom is -0.481 e. The number of hydrogen-bond acceptors (Lipinski definition) is 9. The third-order valence-electron chi connectivity index (χ3n) is 4.20. The first-order chi connectivity index (χ1) is 15.0. The maximum atomic E-state index is 12.7. The monoisotopic (exact) mass is 474 g/mol. The summed E-state index contributed by atoms with van der Waals surface area (Å²) in [6, 6.07) is -5.73. The molecule has 0 saturated carbocycles. The Hall–Kier alpha value is -3.17. The molecule has 1 heterocycles. The van der Waals surface area contributed by atoms with Crippen molar-refractivity contribution in [3.8, 4) is 0 Å². The Morgan fingerprint density at radius 2 is 1.69 bits per heavy atom. The van der Waals surface area contributed by atoms with Crippen LogP contribution in [-0.4, -0.2) is 91.0 Å². The molecule has 1 aromatic rings. The molecule has 0 aliphatic rings. The van der Waals surface area contributed by atoms with Crippen LogP contribution >= 0.6 is 12.6 Å². The number of aliphatic hydroxyl groups excluding tert-OH is 1. The Kier molecular flexibility index (Phi) is 10.6. The predicted octanol–water partition coefficient (Wildman–Crippen LogP) is -3.40. The van der Waals surface area contributed by atoms with Gasteiger partial charge in [-0.25, -0.2) is 9.78 Å². The number of amides is 3. The Morgan fingerprint density at radius 3 is 2.16 bits per heavy atom. The van der Waals surface area contributed by atoms with Gasteiger partial charge in [0.05, 0.1) is 24.9 Å². The molecule has 32 heavy (non-hydrogen) atoms. The van der Waals surface area contributed by atoms with Crippen molar-refractivity contribution in [3.63, 3.8) is 0 Å². The number of nitrogens with zero attached hydrogens (tertiary/aromatic N) is 1. The van der Waals surface area contributed by atoms with Gasteiger partial charge in [-0.05, 0) is 6.92 Å². The van der Waals surface area contributed by atoms with Crippen LogP contribution in [0, 0.1) is 0 Å². The Morgan fingerprint density at radius 1 is 1.09 bits per heavy atom. The molecule has 0 aromatic carbocycles. The number of carboxylic acid groups (broad SMARTS) is 2. The minimum atomic E-state index is -1.66. The second-order valence-electron chi connectivity index (χ2n) is 6.86. The van der Waals surface area contributed by atoms with Gasteiger partial charge in [0.15, 0.2) is 6.04 Å². The van der Waals surface area contributed by atoms with Crippen LogP contribution in [0.25, 0.3) is 0 Å². The summed E-state index contributed by atoms with van der Waals surface area (Å²) in [5, 5.41) is 34.4. The number of carbonyl (C=O) groups excluding carboxylic acids is 3. The number of carbonyl (C=O) groups is 5. The van der Waals surface area contributed by atoms with Gasteiger partial charge in [0.25, 0.3) is 0 Å². The van der Waals surface area contributed by atoms with E-state index in [-0.39, 0.29) is 12.2 Å². The zero-order valence-electron chi connectivity index (χ0n) is 17.0. The lowest BCUT2D eigenvalue weighted by atomic mass is 10.1. The largest absolute Gasteiger partial charge is 0.481 e. The zero-order valence-corrected chi connectivity index (χ0v) is 17.9. The maximum Gasteiger partial charge on any atom is 0.328 e. The summed E-state index contributed by atoms with van der Waals surface area (Å²) in [6.45, 7) is 1.16. The molecular formula is C17H26N6O8S. The standard InChI is InChI=1S/C17H26N6O8S/c1-7(24)13(17(30)31)23-16(29)10(2-8-4-19-6-20-8)22-15(28)11(3-12(25)26)21-14(27)9(18)5-32/h4,6-7,9-11,13,24,32H,2-3,5,18H2,1H3,(H,19,20)(H,21,27)(H,22,28)(H,23,29)(H,25,26)(H,30,31). The van der Waals surface area contributed by atoms with Gasteiger partial charge in [-0.1, -0.05) is 0 Å². The molecule has 9 N–H and O–H groups in total. The second kappa shape index (κ2) is 12.6. The molecule has 5 unspecified atom stereocenters. The van der Waals surface area contributed by atoms with Crippen LogP contribution in [-0.2, 0) is 30.4 Å². The highest BCUT2D eigenvalue weighted by Crippen LogP contribution is 2.04. The van der Waals surface area contributed by atoms with Crippen molar-refractivity contribution in [1.82, 2.24) is 25.9 Å². The van der Waals surface area contributed by atoms with Gasteiger partial charge in [0.1, 0.15) is 12.1 Å². The number of thiol groups is 1. The van der Waals surface area contributed by atoms with Crippen molar-refractivity contribution in [1.29, 1.82) is 0 Å². The third-order valence-corrected chi connectivity index (χ3v) is 4.60. The molecule has 0 aliphatic heterocycles. The summed E-state index contributed by atoms with van der Waals surface area (Å²) >= 11 is 3.86. The number of aromatic amines is 1. The van der Waals surface area contributed by atoms with Crippen LogP contribution in [0.2, 0.25) is 0 Å². The fourth-order valence-corrected chi connectivity index (χ4v) is 2.65. The molecule has 0 radical (unpaired) electrons. The first-order valence-electron chi connectivity index (χ1n) is 9.33. The average Bonchev–Trinajstić information content (AvgIpc) is 3.22. The number of aliphatic carboxylic acids is 2. The van der Waals surface area contributed by atoms with E-state index >= 15 is 0 Å². The van der Waals surface area contributed by atoms with E-state index in [1.165, 1.54) is 12.5 Å². The molecule has 0 aliphatic carbocycles. The fraction of sp³-hybridized carbons (Fsp3) is 0.529. The van der Waals surface area contributed by atoms with Crippen LogP contribution in [0.4, 0.5) is 0 Å². The lowest BCUT2D eigenvalue weighted by Crippen LogP contribution is -2.59. The molecule has 0 bridgehead atoms. The fourth-order valence-electron chi connectivity index (χ4n) is 2.49. The molecule has 0 spiro atoms. The highest BCUT2D eigenvalue weighted by molar-refractivity contribution is 7.80. The number of rotatable bonds is 13. The molecule has 1 aromatic heterocycles. The van der Waals surface area contributed by atoms with Crippen molar-refractivity contribution in [2.45, 2.75) is 50.0 Å². The number of nitrogens with two attached hydrogens (primary N) is 1. The van der Waals surface area contributed by atoms with E-state index in [4.69, 9.17) is 15.9 Å². The second-order valence-corrected chi connectivity index (χ2v) is 7.22. The van der Waals surface area contributed by atoms with E-state index in [2.05, 4.69) is 38.5 Å². The van der Waals surface area contributed by atoms with Crippen molar-refractivity contribution in [2.75, 3.05) is 5.75 Å². The predicted molar refractivity (Wildman–Crippen MR) is 111 cm³/mol. The van der Waals surface area contributed by atoms with Gasteiger partial charge in [0.2, 0.25) is 17.7 Å². The van der Waals surface area contributed by atoms with Crippen molar-refractivity contribution >= 4 is 42.3 Å². The highest BCUT2D eigenvalue weighted by Gasteiger charge is 2.32. The number of hydrogen-bond donors (Lipinski definition) is 9. The van der Waals surface area contributed by atoms with Crippen molar-refractivity contribution < 1.29 is 39.3 Å². The molecule has 1 rings (SSSR count). The summed E-state index contributed by atoms with van der Waals surface area (Å²) in [4.78, 5) is 66.3. The Bertz CT molecular complexity index is 818. The number of aromatic nitrogens is 2.